The Morgan fingerprint density at radius 1 is 1.03 bits per heavy atom. The predicted molar refractivity (Wildman–Crippen MR) is 111 cm³/mol. The zero-order valence-electron chi connectivity index (χ0n) is 16.6. The number of aryl methyl sites for hydroxylation is 1. The number of hydrogen-bond donors (Lipinski definition) is 1. The molecular weight excluding hydrogens is 366 g/mol. The van der Waals surface area contributed by atoms with Gasteiger partial charge in [0.25, 0.3) is 0 Å². The topological polar surface area (TPSA) is 80.1 Å². The Hall–Kier alpha value is -3.48. The van der Waals surface area contributed by atoms with Crippen LogP contribution in [-0.2, 0) is 22.7 Å². The van der Waals surface area contributed by atoms with Crippen LogP contribution in [-0.4, -0.2) is 33.9 Å². The lowest BCUT2D eigenvalue weighted by Gasteiger charge is -2.28. The summed E-state index contributed by atoms with van der Waals surface area (Å²) in [6.07, 6.45) is 0.309. The van der Waals surface area contributed by atoms with E-state index in [9.17, 15) is 9.59 Å². The summed E-state index contributed by atoms with van der Waals surface area (Å²) in [5.74, 6) is -0.232. The minimum absolute atomic E-state index is 0.0881. The van der Waals surface area contributed by atoms with Crippen molar-refractivity contribution in [2.24, 2.45) is 0 Å². The monoisotopic (exact) mass is 389 g/mol. The normalized spacial score (nSPS) is 12.3. The first-order valence-corrected chi connectivity index (χ1v) is 9.76. The Labute approximate surface area is 169 Å². The van der Waals surface area contributed by atoms with Crippen molar-refractivity contribution in [1.82, 2.24) is 20.3 Å². The summed E-state index contributed by atoms with van der Waals surface area (Å²) >= 11 is 0. The number of fused-ring (bicyclic) bond motifs is 5. The van der Waals surface area contributed by atoms with E-state index in [0.29, 0.717) is 13.1 Å². The molecule has 0 radical (unpaired) electrons. The van der Waals surface area contributed by atoms with Gasteiger partial charge < -0.3 is 10.2 Å². The molecule has 0 aliphatic carbocycles. The number of nitrogens with one attached hydrogen (secondary N) is 1. The highest BCUT2D eigenvalue weighted by atomic mass is 16.2. The van der Waals surface area contributed by atoms with Gasteiger partial charge in [0.2, 0.25) is 11.8 Å². The van der Waals surface area contributed by atoms with Crippen molar-refractivity contribution in [3.63, 3.8) is 0 Å². The standard InChI is InChI=1S/C22H23N5O2/c1-3-27-22-17-10-6-7-11-18(17)26(20(29)13-12-19(28)23-2)14-15-8-4-5-9-16(15)21(22)24-25-27/h4-11H,3,12-14H2,1-2H3,(H,23,28). The molecule has 1 aliphatic heterocycles. The summed E-state index contributed by atoms with van der Waals surface area (Å²) in [5, 5.41) is 11.4. The summed E-state index contributed by atoms with van der Waals surface area (Å²) in [4.78, 5) is 26.6. The lowest BCUT2D eigenvalue weighted by atomic mass is 9.95. The Bertz CT molecular complexity index is 1070. The molecule has 2 heterocycles. The van der Waals surface area contributed by atoms with Crippen molar-refractivity contribution in [3.8, 4) is 22.5 Å². The maximum absolute atomic E-state index is 13.2. The van der Waals surface area contributed by atoms with Crippen LogP contribution < -0.4 is 10.2 Å². The Balaban J connectivity index is 1.88. The zero-order valence-corrected chi connectivity index (χ0v) is 16.6. The minimum Gasteiger partial charge on any atom is -0.359 e. The van der Waals surface area contributed by atoms with Crippen LogP contribution in [0.3, 0.4) is 0 Å². The van der Waals surface area contributed by atoms with E-state index in [2.05, 4.69) is 15.6 Å². The largest absolute Gasteiger partial charge is 0.359 e. The van der Waals surface area contributed by atoms with Gasteiger partial charge in [0, 0.05) is 37.6 Å². The highest BCUT2D eigenvalue weighted by molar-refractivity contribution is 6.01. The Morgan fingerprint density at radius 2 is 1.76 bits per heavy atom. The van der Waals surface area contributed by atoms with Crippen LogP contribution in [0.15, 0.2) is 48.5 Å². The fourth-order valence-corrected chi connectivity index (χ4v) is 3.74. The van der Waals surface area contributed by atoms with Crippen molar-refractivity contribution in [2.75, 3.05) is 11.9 Å². The molecule has 0 atom stereocenters. The Morgan fingerprint density at radius 3 is 2.52 bits per heavy atom. The van der Waals surface area contributed by atoms with E-state index in [1.54, 1.807) is 11.9 Å². The molecule has 1 aliphatic rings. The van der Waals surface area contributed by atoms with Crippen molar-refractivity contribution < 1.29 is 9.59 Å². The molecule has 4 rings (SSSR count). The third-order valence-corrected chi connectivity index (χ3v) is 5.23. The molecule has 0 spiro atoms. The van der Waals surface area contributed by atoms with Crippen molar-refractivity contribution in [3.05, 3.63) is 54.1 Å². The van der Waals surface area contributed by atoms with Gasteiger partial charge in [-0.3, -0.25) is 9.59 Å². The summed E-state index contributed by atoms with van der Waals surface area (Å²) in [6.45, 7) is 3.11. The second-order valence-corrected chi connectivity index (χ2v) is 6.93. The summed E-state index contributed by atoms with van der Waals surface area (Å²) in [6, 6.07) is 15.8. The van der Waals surface area contributed by atoms with Gasteiger partial charge in [-0.25, -0.2) is 4.68 Å². The van der Waals surface area contributed by atoms with Gasteiger partial charge >= 0.3 is 0 Å². The van der Waals surface area contributed by atoms with E-state index in [1.807, 2.05) is 60.1 Å². The summed E-state index contributed by atoms with van der Waals surface area (Å²) in [5.41, 5.74) is 5.42. The van der Waals surface area contributed by atoms with E-state index >= 15 is 0 Å². The zero-order chi connectivity index (χ0) is 20.4. The van der Waals surface area contributed by atoms with E-state index < -0.39 is 0 Å². The molecule has 3 aromatic rings. The first-order valence-electron chi connectivity index (χ1n) is 9.76. The molecule has 0 fully saturated rings. The fourth-order valence-electron chi connectivity index (χ4n) is 3.74. The average Bonchev–Trinajstić information content (AvgIpc) is 3.18. The molecule has 7 heteroatoms. The molecule has 2 aromatic carbocycles. The predicted octanol–water partition coefficient (Wildman–Crippen LogP) is 3.00. The van der Waals surface area contributed by atoms with Gasteiger partial charge in [-0.05, 0) is 18.6 Å². The summed E-state index contributed by atoms with van der Waals surface area (Å²) < 4.78 is 1.86. The number of aromatic nitrogens is 3. The van der Waals surface area contributed by atoms with Gasteiger partial charge in [-0.15, -0.1) is 5.10 Å². The molecular formula is C22H23N5O2. The molecule has 7 nitrogen and oxygen atoms in total. The van der Waals surface area contributed by atoms with E-state index in [-0.39, 0.29) is 24.7 Å². The number of para-hydroxylation sites is 1. The van der Waals surface area contributed by atoms with Crippen LogP contribution >= 0.6 is 0 Å². The van der Waals surface area contributed by atoms with Crippen LogP contribution in [0.5, 0.6) is 0 Å². The summed E-state index contributed by atoms with van der Waals surface area (Å²) in [7, 11) is 1.58. The average molecular weight is 389 g/mol. The number of carbonyl (C=O) groups is 2. The quantitative estimate of drug-likeness (QED) is 0.744. The molecule has 0 saturated carbocycles. The van der Waals surface area contributed by atoms with Gasteiger partial charge in [-0.2, -0.15) is 0 Å². The molecule has 1 aromatic heterocycles. The third-order valence-electron chi connectivity index (χ3n) is 5.23. The van der Waals surface area contributed by atoms with E-state index in [1.165, 1.54) is 0 Å². The van der Waals surface area contributed by atoms with Gasteiger partial charge in [0.15, 0.2) is 0 Å². The Kier molecular flexibility index (Phi) is 5.12. The van der Waals surface area contributed by atoms with Crippen LogP contribution in [0, 0.1) is 0 Å². The number of anilines is 1. The SMILES string of the molecule is CCn1nnc2c1-c1ccccc1N(C(=O)CCC(=O)NC)Cc1ccccc1-2. The second kappa shape index (κ2) is 7.87. The maximum atomic E-state index is 13.2. The first-order chi connectivity index (χ1) is 14.1. The number of hydrogen-bond acceptors (Lipinski definition) is 4. The molecule has 0 unspecified atom stereocenters. The molecule has 2 amide bonds. The van der Waals surface area contributed by atoms with E-state index in [0.717, 1.165) is 33.8 Å². The number of rotatable bonds is 4. The molecule has 1 N–H and O–H groups in total. The molecule has 148 valence electrons. The van der Waals surface area contributed by atoms with Crippen LogP contribution in [0.4, 0.5) is 5.69 Å². The number of amides is 2. The van der Waals surface area contributed by atoms with Gasteiger partial charge in [0.1, 0.15) is 5.69 Å². The fraction of sp³-hybridized carbons (Fsp3) is 0.273. The van der Waals surface area contributed by atoms with Gasteiger partial charge in [0.05, 0.1) is 17.9 Å². The maximum Gasteiger partial charge on any atom is 0.227 e. The van der Waals surface area contributed by atoms with Crippen molar-refractivity contribution in [1.29, 1.82) is 0 Å². The first kappa shape index (κ1) is 18.9. The number of benzene rings is 2. The second-order valence-electron chi connectivity index (χ2n) is 6.93. The smallest absolute Gasteiger partial charge is 0.227 e. The van der Waals surface area contributed by atoms with Crippen LogP contribution in [0.1, 0.15) is 25.3 Å². The van der Waals surface area contributed by atoms with Crippen molar-refractivity contribution in [2.45, 2.75) is 32.9 Å². The lowest BCUT2D eigenvalue weighted by molar-refractivity contribution is -0.125. The lowest BCUT2D eigenvalue weighted by Crippen LogP contribution is -2.32. The highest BCUT2D eigenvalue weighted by Crippen LogP contribution is 2.41. The number of nitrogens with zero attached hydrogens (tertiary/aromatic N) is 4. The molecule has 0 bridgehead atoms. The highest BCUT2D eigenvalue weighted by Gasteiger charge is 2.28. The van der Waals surface area contributed by atoms with Crippen LogP contribution in [0.25, 0.3) is 22.5 Å². The van der Waals surface area contributed by atoms with E-state index in [4.69, 9.17) is 0 Å². The van der Waals surface area contributed by atoms with Gasteiger partial charge in [-0.1, -0.05) is 47.7 Å². The van der Waals surface area contributed by atoms with Crippen molar-refractivity contribution >= 4 is 17.5 Å². The number of carbonyl (C=O) groups excluding carboxylic acids is 2. The third kappa shape index (κ3) is 3.40. The molecule has 29 heavy (non-hydrogen) atoms. The molecule has 0 saturated heterocycles. The van der Waals surface area contributed by atoms with Crippen LogP contribution in [0.2, 0.25) is 0 Å². The minimum atomic E-state index is -0.144.